The van der Waals surface area contributed by atoms with E-state index in [1.54, 1.807) is 10.8 Å². The number of carbonyl (C=O) groups is 1. The third-order valence-electron chi connectivity index (χ3n) is 5.70. The van der Waals surface area contributed by atoms with E-state index in [0.717, 1.165) is 19.6 Å². The summed E-state index contributed by atoms with van der Waals surface area (Å²) in [4.78, 5) is 21.5. The molecule has 2 aliphatic rings. The minimum absolute atomic E-state index is 0.0584. The quantitative estimate of drug-likeness (QED) is 0.849. The first-order valence-corrected chi connectivity index (χ1v) is 8.58. The lowest BCUT2D eigenvalue weighted by atomic mass is 9.88. The molecule has 5 heteroatoms. The molecule has 0 spiro atoms. The van der Waals surface area contributed by atoms with Gasteiger partial charge in [-0.25, -0.2) is 4.98 Å². The van der Waals surface area contributed by atoms with Gasteiger partial charge in [-0.15, -0.1) is 0 Å². The normalized spacial score (nSPS) is 26.8. The number of benzene rings is 1. The standard InChI is InChI=1S/C19H24N4O/c1-13-6-4-5-7-15(13)17-16-12-23(11-14(16)10-22(17)3)19(24)18-20-8-9-21(18)2/h4-9,14,16-17H,10-12H2,1-3H3/t14-,16+,17-/m0/s1. The molecule has 0 N–H and O–H groups in total. The van der Waals surface area contributed by atoms with Crippen LogP contribution in [-0.2, 0) is 7.05 Å². The Morgan fingerprint density at radius 1 is 1.17 bits per heavy atom. The van der Waals surface area contributed by atoms with Crippen LogP contribution < -0.4 is 0 Å². The molecule has 2 aromatic rings. The van der Waals surface area contributed by atoms with E-state index in [0.29, 0.717) is 23.7 Å². The molecule has 0 bridgehead atoms. The minimum Gasteiger partial charge on any atom is -0.335 e. The number of likely N-dealkylation sites (tertiary alicyclic amines) is 2. The molecule has 1 aromatic heterocycles. The maximum Gasteiger partial charge on any atom is 0.289 e. The van der Waals surface area contributed by atoms with Crippen LogP contribution in [0.5, 0.6) is 0 Å². The summed E-state index contributed by atoms with van der Waals surface area (Å²) in [5.74, 6) is 1.64. The van der Waals surface area contributed by atoms with E-state index in [1.165, 1.54) is 11.1 Å². The monoisotopic (exact) mass is 324 g/mol. The largest absolute Gasteiger partial charge is 0.335 e. The Morgan fingerprint density at radius 3 is 2.67 bits per heavy atom. The van der Waals surface area contributed by atoms with Gasteiger partial charge >= 0.3 is 0 Å². The van der Waals surface area contributed by atoms with Gasteiger partial charge in [0.05, 0.1) is 0 Å². The van der Waals surface area contributed by atoms with Crippen molar-refractivity contribution in [2.45, 2.75) is 13.0 Å². The Bertz CT molecular complexity index is 768. The smallest absolute Gasteiger partial charge is 0.289 e. The number of amides is 1. The molecule has 2 saturated heterocycles. The highest BCUT2D eigenvalue weighted by Crippen LogP contribution is 2.44. The first-order valence-electron chi connectivity index (χ1n) is 8.58. The number of hydrogen-bond donors (Lipinski definition) is 0. The second-order valence-electron chi connectivity index (χ2n) is 7.24. The summed E-state index contributed by atoms with van der Waals surface area (Å²) >= 11 is 0. The molecule has 2 fully saturated rings. The van der Waals surface area contributed by atoms with E-state index in [1.807, 2.05) is 18.1 Å². The second-order valence-corrected chi connectivity index (χ2v) is 7.24. The van der Waals surface area contributed by atoms with Crippen LogP contribution >= 0.6 is 0 Å². The van der Waals surface area contributed by atoms with Gasteiger partial charge < -0.3 is 9.47 Å². The van der Waals surface area contributed by atoms with E-state index >= 15 is 0 Å². The molecule has 0 saturated carbocycles. The van der Waals surface area contributed by atoms with E-state index < -0.39 is 0 Å². The molecule has 4 rings (SSSR count). The molecule has 0 aliphatic carbocycles. The molecule has 0 radical (unpaired) electrons. The SMILES string of the molecule is Cc1ccccc1[C@H]1[C@@H]2CN(C(=O)c3nccn3C)C[C@@H]2CN1C. The number of aromatic nitrogens is 2. The first kappa shape index (κ1) is 15.4. The molecular weight excluding hydrogens is 300 g/mol. The molecular formula is C19H24N4O. The van der Waals surface area contributed by atoms with Crippen LogP contribution in [0.25, 0.3) is 0 Å². The third-order valence-corrected chi connectivity index (χ3v) is 5.70. The van der Waals surface area contributed by atoms with Gasteiger partial charge in [-0.2, -0.15) is 0 Å². The maximum absolute atomic E-state index is 12.8. The van der Waals surface area contributed by atoms with Crippen molar-refractivity contribution >= 4 is 5.91 Å². The summed E-state index contributed by atoms with van der Waals surface area (Å²) in [5.41, 5.74) is 2.74. The van der Waals surface area contributed by atoms with Gasteiger partial charge in [-0.05, 0) is 31.0 Å². The number of imidazole rings is 1. The molecule has 3 atom stereocenters. The van der Waals surface area contributed by atoms with Crippen molar-refractivity contribution in [1.29, 1.82) is 0 Å². The van der Waals surface area contributed by atoms with Crippen LogP contribution in [0.2, 0.25) is 0 Å². The molecule has 24 heavy (non-hydrogen) atoms. The van der Waals surface area contributed by atoms with Gasteiger partial charge in [0.1, 0.15) is 0 Å². The summed E-state index contributed by atoms with van der Waals surface area (Å²) in [6.45, 7) is 4.89. The highest BCUT2D eigenvalue weighted by molar-refractivity contribution is 5.91. The Hall–Kier alpha value is -2.14. The lowest BCUT2D eigenvalue weighted by Gasteiger charge is -2.28. The zero-order valence-corrected chi connectivity index (χ0v) is 14.5. The fourth-order valence-electron chi connectivity index (χ4n) is 4.52. The van der Waals surface area contributed by atoms with Gasteiger partial charge in [0.15, 0.2) is 5.82 Å². The number of fused-ring (bicyclic) bond motifs is 1. The number of aryl methyl sites for hydroxylation is 2. The Balaban J connectivity index is 1.58. The Morgan fingerprint density at radius 2 is 1.96 bits per heavy atom. The summed E-state index contributed by atoms with van der Waals surface area (Å²) in [5, 5.41) is 0. The average molecular weight is 324 g/mol. The number of carbonyl (C=O) groups excluding carboxylic acids is 1. The summed E-state index contributed by atoms with van der Waals surface area (Å²) in [6.07, 6.45) is 3.52. The maximum atomic E-state index is 12.8. The predicted molar refractivity (Wildman–Crippen MR) is 92.6 cm³/mol. The molecule has 3 heterocycles. The van der Waals surface area contributed by atoms with Gasteiger partial charge in [-0.3, -0.25) is 9.69 Å². The van der Waals surface area contributed by atoms with Crippen molar-refractivity contribution in [1.82, 2.24) is 19.4 Å². The van der Waals surface area contributed by atoms with Crippen molar-refractivity contribution in [3.05, 3.63) is 53.6 Å². The first-order chi connectivity index (χ1) is 11.6. The highest BCUT2D eigenvalue weighted by atomic mass is 16.2. The molecule has 5 nitrogen and oxygen atoms in total. The zero-order chi connectivity index (χ0) is 16.8. The fourth-order valence-corrected chi connectivity index (χ4v) is 4.52. The summed E-state index contributed by atoms with van der Waals surface area (Å²) in [7, 11) is 4.08. The van der Waals surface area contributed by atoms with E-state index in [4.69, 9.17) is 0 Å². The van der Waals surface area contributed by atoms with Gasteiger partial charge in [0.25, 0.3) is 5.91 Å². The molecule has 0 unspecified atom stereocenters. The number of hydrogen-bond acceptors (Lipinski definition) is 3. The highest BCUT2D eigenvalue weighted by Gasteiger charge is 2.47. The van der Waals surface area contributed by atoms with Crippen LogP contribution in [-0.4, -0.2) is 51.9 Å². The van der Waals surface area contributed by atoms with Crippen molar-refractivity contribution < 1.29 is 4.79 Å². The summed E-state index contributed by atoms with van der Waals surface area (Å²) in [6, 6.07) is 9.03. The second kappa shape index (κ2) is 5.74. The van der Waals surface area contributed by atoms with Crippen LogP contribution in [0.15, 0.2) is 36.7 Å². The Kier molecular flexibility index (Phi) is 3.68. The molecule has 1 amide bonds. The van der Waals surface area contributed by atoms with Crippen LogP contribution in [0.3, 0.4) is 0 Å². The lowest BCUT2D eigenvalue weighted by molar-refractivity contribution is 0.0752. The van der Waals surface area contributed by atoms with Crippen molar-refractivity contribution in [2.75, 3.05) is 26.7 Å². The van der Waals surface area contributed by atoms with Crippen molar-refractivity contribution in [3.63, 3.8) is 0 Å². The van der Waals surface area contributed by atoms with Crippen LogP contribution in [0.4, 0.5) is 0 Å². The molecule has 1 aromatic carbocycles. The van der Waals surface area contributed by atoms with Crippen molar-refractivity contribution in [2.24, 2.45) is 18.9 Å². The van der Waals surface area contributed by atoms with E-state index in [9.17, 15) is 4.79 Å². The van der Waals surface area contributed by atoms with Gasteiger partial charge in [0, 0.05) is 51.0 Å². The summed E-state index contributed by atoms with van der Waals surface area (Å²) < 4.78 is 1.81. The van der Waals surface area contributed by atoms with Crippen molar-refractivity contribution in [3.8, 4) is 0 Å². The minimum atomic E-state index is 0.0584. The van der Waals surface area contributed by atoms with E-state index in [-0.39, 0.29) is 5.91 Å². The number of nitrogens with zero attached hydrogens (tertiary/aromatic N) is 4. The Labute approximate surface area is 142 Å². The van der Waals surface area contributed by atoms with Gasteiger partial charge in [0.2, 0.25) is 0 Å². The average Bonchev–Trinajstić information content (AvgIpc) is 3.22. The van der Waals surface area contributed by atoms with Crippen LogP contribution in [0.1, 0.15) is 27.8 Å². The molecule has 2 aliphatic heterocycles. The van der Waals surface area contributed by atoms with Gasteiger partial charge in [-0.1, -0.05) is 24.3 Å². The predicted octanol–water partition coefficient (Wildman–Crippen LogP) is 2.10. The van der Waals surface area contributed by atoms with E-state index in [2.05, 4.69) is 48.1 Å². The zero-order valence-electron chi connectivity index (χ0n) is 14.5. The molecule has 126 valence electrons. The number of rotatable bonds is 2. The van der Waals surface area contributed by atoms with Crippen LogP contribution in [0, 0.1) is 18.8 Å². The lowest BCUT2D eigenvalue weighted by Crippen LogP contribution is -2.34. The third kappa shape index (κ3) is 2.35. The topological polar surface area (TPSA) is 41.4 Å². The fraction of sp³-hybridized carbons (Fsp3) is 0.474.